The van der Waals surface area contributed by atoms with E-state index in [-0.39, 0.29) is 0 Å². The number of benzene rings is 1. The Labute approximate surface area is 84.9 Å². The third-order valence-corrected chi connectivity index (χ3v) is 2.73. The van der Waals surface area contributed by atoms with Crippen LogP contribution in [0.1, 0.15) is 5.56 Å². The van der Waals surface area contributed by atoms with Crippen molar-refractivity contribution in [3.8, 4) is 0 Å². The molecule has 0 bridgehead atoms. The number of halogens is 2. The molecule has 15 heavy (non-hydrogen) atoms. The molecule has 4 nitrogen and oxygen atoms in total. The van der Waals surface area contributed by atoms with Gasteiger partial charge in [0.1, 0.15) is 4.90 Å². The monoisotopic (exact) mass is 238 g/mol. The summed E-state index contributed by atoms with van der Waals surface area (Å²) in [7, 11) is -4.61. The van der Waals surface area contributed by atoms with Gasteiger partial charge in [0, 0.05) is 12.2 Å². The molecule has 0 aliphatic rings. The van der Waals surface area contributed by atoms with E-state index in [1.54, 1.807) is 0 Å². The van der Waals surface area contributed by atoms with Gasteiger partial charge in [0.15, 0.2) is 11.6 Å². The van der Waals surface area contributed by atoms with Gasteiger partial charge in [0.2, 0.25) is 0 Å². The number of hydrogen-bond acceptors (Lipinski definition) is 3. The summed E-state index contributed by atoms with van der Waals surface area (Å²) in [6.07, 6.45) is -0.390. The van der Waals surface area contributed by atoms with Crippen molar-refractivity contribution in [2.45, 2.75) is 11.3 Å². The Bertz CT molecular complexity index is 470. The third kappa shape index (κ3) is 2.49. The lowest BCUT2D eigenvalue weighted by molar-refractivity contribution is 0.295. The predicted octanol–water partition coefficient (Wildman–Crippen LogP) is 0.746. The van der Waals surface area contributed by atoms with Crippen molar-refractivity contribution in [3.05, 3.63) is 29.3 Å². The van der Waals surface area contributed by atoms with Gasteiger partial charge in [-0.1, -0.05) is 0 Å². The molecule has 1 rings (SSSR count). The Hall–Kier alpha value is -1.05. The van der Waals surface area contributed by atoms with Crippen LogP contribution < -0.4 is 0 Å². The molecule has 0 unspecified atom stereocenters. The SMILES string of the molecule is O=S(=O)(O)c1ccc(F)c(F)c1CCO. The average Bonchev–Trinajstić information content (AvgIpc) is 2.11. The Balaban J connectivity index is 3.47. The summed E-state index contributed by atoms with van der Waals surface area (Å²) in [6, 6.07) is 1.35. The minimum absolute atomic E-state index is 0.390. The molecule has 2 N–H and O–H groups in total. The van der Waals surface area contributed by atoms with Crippen molar-refractivity contribution < 1.29 is 26.9 Å². The second kappa shape index (κ2) is 4.21. The van der Waals surface area contributed by atoms with Crippen LogP contribution in [0.3, 0.4) is 0 Å². The zero-order valence-electron chi connectivity index (χ0n) is 7.44. The fourth-order valence-corrected chi connectivity index (χ4v) is 1.90. The fourth-order valence-electron chi connectivity index (χ4n) is 1.16. The van der Waals surface area contributed by atoms with E-state index < -0.39 is 45.2 Å². The van der Waals surface area contributed by atoms with Crippen LogP contribution in [0, 0.1) is 11.6 Å². The van der Waals surface area contributed by atoms with E-state index in [1.807, 2.05) is 0 Å². The maximum absolute atomic E-state index is 13.1. The van der Waals surface area contributed by atoms with Crippen molar-refractivity contribution in [2.24, 2.45) is 0 Å². The lowest BCUT2D eigenvalue weighted by Gasteiger charge is -2.07. The average molecular weight is 238 g/mol. The van der Waals surface area contributed by atoms with Gasteiger partial charge in [-0.3, -0.25) is 4.55 Å². The van der Waals surface area contributed by atoms with Gasteiger partial charge in [0.05, 0.1) is 0 Å². The maximum atomic E-state index is 13.1. The smallest absolute Gasteiger partial charge is 0.294 e. The normalized spacial score (nSPS) is 11.7. The first-order chi connectivity index (χ1) is 6.88. The van der Waals surface area contributed by atoms with Crippen LogP contribution in [0.2, 0.25) is 0 Å². The molecule has 1 aromatic carbocycles. The lowest BCUT2D eigenvalue weighted by Crippen LogP contribution is -2.08. The Kier molecular flexibility index (Phi) is 3.38. The van der Waals surface area contributed by atoms with Crippen molar-refractivity contribution >= 4 is 10.1 Å². The molecule has 0 atom stereocenters. The van der Waals surface area contributed by atoms with Gasteiger partial charge in [-0.2, -0.15) is 8.42 Å². The number of aliphatic hydroxyl groups is 1. The van der Waals surface area contributed by atoms with E-state index in [1.165, 1.54) is 0 Å². The summed E-state index contributed by atoms with van der Waals surface area (Å²) in [5.41, 5.74) is -0.556. The lowest BCUT2D eigenvalue weighted by atomic mass is 10.1. The molecule has 0 fully saturated rings. The summed E-state index contributed by atoms with van der Waals surface area (Å²) in [6.45, 7) is -0.553. The molecule has 0 saturated carbocycles. The van der Waals surface area contributed by atoms with Crippen molar-refractivity contribution in [1.29, 1.82) is 0 Å². The minimum atomic E-state index is -4.61. The Morgan fingerprint density at radius 2 is 1.87 bits per heavy atom. The molecule has 7 heteroatoms. The van der Waals surface area contributed by atoms with Crippen LogP contribution in [-0.4, -0.2) is 24.7 Å². The standard InChI is InChI=1S/C8H8F2O4S/c9-6-1-2-7(15(12,13)14)5(3-4-11)8(6)10/h1-2,11H,3-4H2,(H,12,13,14). The molecular formula is C8H8F2O4S. The molecule has 84 valence electrons. The molecular weight excluding hydrogens is 230 g/mol. The van der Waals surface area contributed by atoms with Gasteiger partial charge < -0.3 is 5.11 Å². The highest BCUT2D eigenvalue weighted by atomic mass is 32.2. The van der Waals surface area contributed by atoms with Gasteiger partial charge in [0.25, 0.3) is 10.1 Å². The number of rotatable bonds is 3. The summed E-state index contributed by atoms with van der Waals surface area (Å²) in [4.78, 5) is -0.726. The van der Waals surface area contributed by atoms with E-state index in [9.17, 15) is 17.2 Å². The van der Waals surface area contributed by atoms with E-state index in [4.69, 9.17) is 9.66 Å². The van der Waals surface area contributed by atoms with E-state index >= 15 is 0 Å². The van der Waals surface area contributed by atoms with Crippen molar-refractivity contribution in [1.82, 2.24) is 0 Å². The van der Waals surface area contributed by atoms with Crippen molar-refractivity contribution in [2.75, 3.05) is 6.61 Å². The first kappa shape index (κ1) is 12.0. The molecule has 0 spiro atoms. The van der Waals surface area contributed by atoms with Gasteiger partial charge in [-0.25, -0.2) is 8.78 Å². The van der Waals surface area contributed by atoms with Gasteiger partial charge in [-0.15, -0.1) is 0 Å². The molecule has 0 heterocycles. The Morgan fingerprint density at radius 3 is 2.33 bits per heavy atom. The zero-order chi connectivity index (χ0) is 11.6. The van der Waals surface area contributed by atoms with E-state index in [2.05, 4.69) is 0 Å². The number of hydrogen-bond donors (Lipinski definition) is 2. The maximum Gasteiger partial charge on any atom is 0.294 e. The van der Waals surface area contributed by atoms with Crippen LogP contribution in [0.4, 0.5) is 8.78 Å². The van der Waals surface area contributed by atoms with Crippen molar-refractivity contribution in [3.63, 3.8) is 0 Å². The molecule has 0 amide bonds. The highest BCUT2D eigenvalue weighted by molar-refractivity contribution is 7.85. The van der Waals surface area contributed by atoms with Gasteiger partial charge in [-0.05, 0) is 18.6 Å². The second-order valence-corrected chi connectivity index (χ2v) is 4.18. The molecule has 0 aliphatic carbocycles. The van der Waals surface area contributed by atoms with E-state index in [0.29, 0.717) is 6.07 Å². The van der Waals surface area contributed by atoms with Crippen LogP contribution in [0.5, 0.6) is 0 Å². The van der Waals surface area contributed by atoms with Crippen LogP contribution >= 0.6 is 0 Å². The molecule has 0 aromatic heterocycles. The van der Waals surface area contributed by atoms with Crippen LogP contribution in [0.15, 0.2) is 17.0 Å². The quantitative estimate of drug-likeness (QED) is 0.762. The Morgan fingerprint density at radius 1 is 1.27 bits per heavy atom. The molecule has 0 aliphatic heterocycles. The van der Waals surface area contributed by atoms with E-state index in [0.717, 1.165) is 6.07 Å². The molecule has 0 saturated heterocycles. The summed E-state index contributed by atoms with van der Waals surface area (Å²) in [5, 5.41) is 8.56. The van der Waals surface area contributed by atoms with Gasteiger partial charge >= 0.3 is 0 Å². The zero-order valence-corrected chi connectivity index (χ0v) is 8.26. The first-order valence-corrected chi connectivity index (χ1v) is 5.37. The molecule has 0 radical (unpaired) electrons. The largest absolute Gasteiger partial charge is 0.396 e. The van der Waals surface area contributed by atoms with Crippen LogP contribution in [-0.2, 0) is 16.5 Å². The third-order valence-electron chi connectivity index (χ3n) is 1.79. The van der Waals surface area contributed by atoms with Crippen LogP contribution in [0.25, 0.3) is 0 Å². The topological polar surface area (TPSA) is 74.6 Å². The number of aliphatic hydroxyl groups excluding tert-OH is 1. The first-order valence-electron chi connectivity index (χ1n) is 3.93. The fraction of sp³-hybridized carbons (Fsp3) is 0.250. The summed E-state index contributed by atoms with van der Waals surface area (Å²) < 4.78 is 56.1. The summed E-state index contributed by atoms with van der Waals surface area (Å²) >= 11 is 0. The molecule has 1 aromatic rings. The predicted molar refractivity (Wildman–Crippen MR) is 47.0 cm³/mol. The highest BCUT2D eigenvalue weighted by Crippen LogP contribution is 2.21. The minimum Gasteiger partial charge on any atom is -0.396 e. The second-order valence-electron chi connectivity index (χ2n) is 2.79. The summed E-state index contributed by atoms with van der Waals surface area (Å²) in [5.74, 6) is -2.61. The highest BCUT2D eigenvalue weighted by Gasteiger charge is 2.20.